The van der Waals surface area contributed by atoms with Gasteiger partial charge in [0.05, 0.1) is 86.0 Å². The van der Waals surface area contributed by atoms with E-state index in [2.05, 4.69) is 13.2 Å². The molecule has 2 fully saturated rings. The van der Waals surface area contributed by atoms with Crippen LogP contribution in [0.15, 0.2) is 60.8 Å². The Bertz CT molecular complexity index is 2300. The zero-order chi connectivity index (χ0) is 76.2. The summed E-state index contributed by atoms with van der Waals surface area (Å²) in [6.45, 7) is 11.7. The predicted molar refractivity (Wildman–Crippen MR) is 373 cm³/mol. The molecule has 0 radical (unpaired) electrons. The van der Waals surface area contributed by atoms with Crippen molar-refractivity contribution in [2.45, 2.75) is 371 Å². The van der Waals surface area contributed by atoms with Crippen LogP contribution in [0.4, 0.5) is 0 Å². The molecule has 2 rings (SSSR count). The molecule has 21 unspecified atom stereocenters. The van der Waals surface area contributed by atoms with E-state index in [9.17, 15) is 127 Å². The van der Waals surface area contributed by atoms with E-state index in [1.165, 1.54) is 32.8 Å². The third-order valence-corrected chi connectivity index (χ3v) is 19.6. The molecule has 0 aromatic carbocycles. The van der Waals surface area contributed by atoms with Gasteiger partial charge in [-0.2, -0.15) is 0 Å². The van der Waals surface area contributed by atoms with Crippen LogP contribution in [0.3, 0.4) is 0 Å². The molecular weight excluding hydrogens is 1320 g/mol. The van der Waals surface area contributed by atoms with Gasteiger partial charge in [0.1, 0.15) is 97.3 Å². The van der Waals surface area contributed by atoms with E-state index >= 15 is 0 Å². The average Bonchev–Trinajstić information content (AvgIpc) is 0.802. The van der Waals surface area contributed by atoms with Crippen LogP contribution < -0.4 is 0 Å². The normalized spacial score (nSPS) is 27.4. The maximum absolute atomic E-state index is 12.5. The lowest BCUT2D eigenvalue weighted by molar-refractivity contribution is -0.267. The highest BCUT2D eigenvalue weighted by molar-refractivity contribution is 5.79. The summed E-state index contributed by atoms with van der Waals surface area (Å²) in [6.07, 6.45) is -24.7. The second kappa shape index (κ2) is 50.8. The van der Waals surface area contributed by atoms with E-state index in [0.29, 0.717) is 57.8 Å². The summed E-state index contributed by atoms with van der Waals surface area (Å²) in [6, 6.07) is 0. The lowest BCUT2D eigenvalue weighted by Crippen LogP contribution is -2.64. The van der Waals surface area contributed by atoms with E-state index in [1.807, 2.05) is 6.08 Å². The fraction of sp³-hybridized carbons (Fsp3) is 0.849. The molecule has 0 amide bonds. The molecule has 0 aromatic heterocycles. The van der Waals surface area contributed by atoms with E-state index in [0.717, 1.165) is 51.0 Å². The largest absolute Gasteiger partial charge is 0.394 e. The summed E-state index contributed by atoms with van der Waals surface area (Å²) in [4.78, 5) is 12.5. The van der Waals surface area contributed by atoms with Crippen molar-refractivity contribution in [3.8, 4) is 0 Å². The number of hydrogen-bond donors (Lipinski definition) is 25. The Kier molecular flexibility index (Phi) is 47.4. The van der Waals surface area contributed by atoms with Crippen molar-refractivity contribution >= 4 is 5.78 Å². The second-order valence-corrected chi connectivity index (χ2v) is 28.9. The molecule has 0 spiro atoms. The first-order chi connectivity index (χ1) is 47.6. The van der Waals surface area contributed by atoms with Gasteiger partial charge in [-0.15, -0.1) is 6.58 Å². The smallest absolute Gasteiger partial charge is 0.138 e. The second-order valence-electron chi connectivity index (χ2n) is 28.9. The number of allylic oxidation sites excluding steroid dienone is 4. The van der Waals surface area contributed by atoms with Crippen molar-refractivity contribution in [3.05, 3.63) is 60.8 Å². The van der Waals surface area contributed by atoms with Crippen molar-refractivity contribution in [2.24, 2.45) is 11.8 Å². The third kappa shape index (κ3) is 35.3. The fourth-order valence-corrected chi connectivity index (χ4v) is 13.0. The average molecular weight is 1460 g/mol. The first-order valence-corrected chi connectivity index (χ1v) is 36.6. The minimum absolute atomic E-state index is 0.0711. The van der Waals surface area contributed by atoms with Crippen LogP contribution in [-0.2, 0) is 14.3 Å². The summed E-state index contributed by atoms with van der Waals surface area (Å²) >= 11 is 0. The first kappa shape index (κ1) is 94.4. The van der Waals surface area contributed by atoms with Gasteiger partial charge in [0.15, 0.2) is 0 Å². The summed E-state index contributed by atoms with van der Waals surface area (Å²) in [5.74, 6) is -1.51. The van der Waals surface area contributed by atoms with Crippen molar-refractivity contribution in [1.29, 1.82) is 0 Å². The molecular formula is C73H132O28. The summed E-state index contributed by atoms with van der Waals surface area (Å²) in [5.41, 5.74) is -0.0376. The van der Waals surface area contributed by atoms with Gasteiger partial charge >= 0.3 is 0 Å². The molecule has 0 aromatic rings. The number of carbonyl (C=O) groups excluding carboxylic acids is 1. The summed E-state index contributed by atoms with van der Waals surface area (Å²) in [5, 5.41) is 267. The topological polar surface area (TPSA) is 541 Å². The fourth-order valence-electron chi connectivity index (χ4n) is 13.0. The van der Waals surface area contributed by atoms with E-state index in [1.54, 1.807) is 25.2 Å². The number of ketones is 1. The van der Waals surface area contributed by atoms with E-state index in [4.69, 9.17) is 14.6 Å². The Morgan fingerprint density at radius 2 is 0.990 bits per heavy atom. The van der Waals surface area contributed by atoms with Gasteiger partial charge in [0.2, 0.25) is 0 Å². The van der Waals surface area contributed by atoms with Gasteiger partial charge in [-0.25, -0.2) is 0 Å². The molecule has 30 atom stereocenters. The van der Waals surface area contributed by atoms with Gasteiger partial charge in [0.25, 0.3) is 0 Å². The predicted octanol–water partition coefficient (Wildman–Crippen LogP) is -1.26. The Hall–Kier alpha value is -2.71. The van der Waals surface area contributed by atoms with Crippen LogP contribution >= 0.6 is 0 Å². The lowest BCUT2D eigenvalue weighted by atomic mass is 9.86. The molecule has 2 saturated heterocycles. The molecule has 101 heavy (non-hydrogen) atoms. The Morgan fingerprint density at radius 1 is 0.475 bits per heavy atom. The summed E-state index contributed by atoms with van der Waals surface area (Å²) in [7, 11) is 0. The number of Topliss-reactive ketones (excluding diaryl/α,β-unsaturated/α-hetero) is 1. The Labute approximate surface area is 596 Å². The number of carbonyl (C=O) groups is 1. The molecule has 2 heterocycles. The SMILES string of the molecule is C=CCCCCCCCCCC/C=C/C(O)C(O)[C@@H]1O[C@@H](C(O)C(O)C(=C)CCC(O)[C@@H]2O[C@@H](C(O)C(O)/C=C(\C)CC(O)C(O)C(O)CC(O)C(O)C(O)C(C)CC(O)C(O)CC(C)/C=C/CCC(O)CC(=O)CC(O)CCCCC(O)CCCC(O)CO)[C@H](O)[C@H](O)[C@@H]2O)C[C@@H](O)[C@H]1O. The van der Waals surface area contributed by atoms with Crippen LogP contribution in [0.2, 0.25) is 0 Å². The van der Waals surface area contributed by atoms with Crippen molar-refractivity contribution in [1.82, 2.24) is 0 Å². The molecule has 28 heteroatoms. The van der Waals surface area contributed by atoms with Crippen molar-refractivity contribution in [2.75, 3.05) is 6.61 Å². The number of aliphatic hydroxyl groups excluding tert-OH is 25. The maximum atomic E-state index is 12.5. The molecule has 0 bridgehead atoms. The molecule has 592 valence electrons. The highest BCUT2D eigenvalue weighted by atomic mass is 16.6. The number of unbranched alkanes of at least 4 members (excludes halogenated alkanes) is 10. The minimum atomic E-state index is -2.10. The first-order valence-electron chi connectivity index (χ1n) is 36.6. The highest BCUT2D eigenvalue weighted by Crippen LogP contribution is 2.33. The Morgan fingerprint density at radius 3 is 1.60 bits per heavy atom. The van der Waals surface area contributed by atoms with Gasteiger partial charge in [0, 0.05) is 25.7 Å². The quantitative estimate of drug-likeness (QED) is 0.0250. The van der Waals surface area contributed by atoms with Gasteiger partial charge in [-0.3, -0.25) is 4.79 Å². The maximum Gasteiger partial charge on any atom is 0.138 e. The third-order valence-electron chi connectivity index (χ3n) is 19.6. The number of aliphatic hydroxyl groups is 25. The molecule has 28 nitrogen and oxygen atoms in total. The van der Waals surface area contributed by atoms with Crippen LogP contribution in [0.25, 0.3) is 0 Å². The van der Waals surface area contributed by atoms with Crippen LogP contribution in [0.1, 0.15) is 201 Å². The number of rotatable bonds is 56. The number of hydrogen-bond acceptors (Lipinski definition) is 28. The van der Waals surface area contributed by atoms with Crippen LogP contribution in [0, 0.1) is 11.8 Å². The van der Waals surface area contributed by atoms with E-state index in [-0.39, 0.29) is 74.4 Å². The number of ether oxygens (including phenoxy) is 2. The van der Waals surface area contributed by atoms with Gasteiger partial charge < -0.3 is 137 Å². The van der Waals surface area contributed by atoms with Crippen LogP contribution in [-0.4, -0.2) is 311 Å². The van der Waals surface area contributed by atoms with Gasteiger partial charge in [-0.05, 0) is 127 Å². The van der Waals surface area contributed by atoms with E-state index < -0.39 is 196 Å². The summed E-state index contributed by atoms with van der Waals surface area (Å²) < 4.78 is 11.4. The minimum Gasteiger partial charge on any atom is -0.394 e. The monoisotopic (exact) mass is 1460 g/mol. The molecule has 0 saturated carbocycles. The van der Waals surface area contributed by atoms with Crippen molar-refractivity contribution in [3.63, 3.8) is 0 Å². The molecule has 2 aliphatic heterocycles. The Balaban J connectivity index is 1.84. The molecule has 0 aliphatic carbocycles. The standard InChI is InChI=1S/C73H132O28/c1-6-7-8-9-10-11-12-13-14-15-16-17-29-50(80)64(93)72-66(95)58(88)39-59(100-72)67(96)60(89)43(4)30-31-51(81)71-69(98)68(97)70(99)73(101-71)65(94)55(85)34-42(3)33-54(84)62(91)56(86)38-57(87)63(92)61(90)44(5)35-53(83)52(82)32-41(2)23-18-19-25-46(76)36-49(79)37-47(77)26-21-20-24-45(75)27-22-28-48(78)40-74/h6,17-18,23,29,34,41,44-48,50-78,80-99H,1,4,7-16,19-22,24-28,30-33,35-40H2,2-3,5H3/b23-18+,29-17+,42-34+/t41?,44?,45?,46?,47?,48?,50?,51?,52?,53?,54?,55?,56?,57?,58-,59-,60?,61?,62?,63?,64?,65?,66-,67?,68-,69+,70-,71+,72+,73+/m1/s1. The molecule has 2 aliphatic rings. The van der Waals surface area contributed by atoms with Crippen LogP contribution in [0.5, 0.6) is 0 Å². The zero-order valence-electron chi connectivity index (χ0n) is 59.6. The zero-order valence-corrected chi connectivity index (χ0v) is 59.6. The lowest BCUT2D eigenvalue weighted by Gasteiger charge is -2.44. The van der Waals surface area contributed by atoms with Crippen molar-refractivity contribution < 1.29 is 142 Å². The van der Waals surface area contributed by atoms with Gasteiger partial charge in [-0.1, -0.05) is 114 Å². The molecule has 25 N–H and O–H groups in total. The highest BCUT2D eigenvalue weighted by Gasteiger charge is 2.50.